The van der Waals surface area contributed by atoms with Crippen molar-refractivity contribution in [3.05, 3.63) is 64.9 Å². The van der Waals surface area contributed by atoms with E-state index in [2.05, 4.69) is 15.2 Å². The van der Waals surface area contributed by atoms with Crippen LogP contribution in [-0.4, -0.2) is 49.0 Å². The van der Waals surface area contributed by atoms with Gasteiger partial charge in [0.1, 0.15) is 15.7 Å². The van der Waals surface area contributed by atoms with E-state index in [4.69, 9.17) is 0 Å². The first-order valence-electron chi connectivity index (χ1n) is 9.89. The van der Waals surface area contributed by atoms with Crippen molar-refractivity contribution >= 4 is 28.6 Å². The molecule has 1 saturated heterocycles. The zero-order valence-corrected chi connectivity index (χ0v) is 17.9. The quantitative estimate of drug-likeness (QED) is 0.554. The van der Waals surface area contributed by atoms with Crippen molar-refractivity contribution in [2.24, 2.45) is 0 Å². The van der Waals surface area contributed by atoms with Gasteiger partial charge in [0, 0.05) is 37.4 Å². The maximum atomic E-state index is 14.0. The van der Waals surface area contributed by atoms with Gasteiger partial charge in [-0.25, -0.2) is 9.37 Å². The minimum absolute atomic E-state index is 0.0829. The predicted molar refractivity (Wildman–Crippen MR) is 117 cm³/mol. The van der Waals surface area contributed by atoms with Crippen molar-refractivity contribution in [3.63, 3.8) is 0 Å². The molecule has 4 rings (SSSR count). The average molecular weight is 464 g/mol. The van der Waals surface area contributed by atoms with Gasteiger partial charge < -0.3 is 15.1 Å². The van der Waals surface area contributed by atoms with Gasteiger partial charge in [-0.05, 0) is 37.4 Å². The summed E-state index contributed by atoms with van der Waals surface area (Å²) >= 11 is 0.910. The highest BCUT2D eigenvalue weighted by atomic mass is 32.1. The number of carbonyl (C=O) groups is 1. The molecule has 0 atom stereocenters. The molecule has 32 heavy (non-hydrogen) atoms. The van der Waals surface area contributed by atoms with Crippen LogP contribution in [0.25, 0.3) is 10.6 Å². The Kier molecular flexibility index (Phi) is 6.16. The Hall–Kier alpha value is -2.98. The number of nitrogens with one attached hydrogen (secondary N) is 1. The Bertz CT molecular complexity index is 1120. The molecule has 0 unspecified atom stereocenters. The van der Waals surface area contributed by atoms with Crippen molar-refractivity contribution in [1.82, 2.24) is 9.88 Å². The molecule has 1 amide bonds. The number of benzene rings is 2. The van der Waals surface area contributed by atoms with E-state index in [0.29, 0.717) is 18.8 Å². The van der Waals surface area contributed by atoms with E-state index < -0.39 is 23.5 Å². The Labute approximate surface area is 186 Å². The van der Waals surface area contributed by atoms with Crippen LogP contribution in [0.5, 0.6) is 0 Å². The highest BCUT2D eigenvalue weighted by Crippen LogP contribution is 2.38. The first kappa shape index (κ1) is 22.2. The lowest BCUT2D eigenvalue weighted by Gasteiger charge is -2.34. The number of rotatable bonds is 4. The number of hydrogen-bond acceptors (Lipinski definition) is 5. The molecule has 0 saturated carbocycles. The van der Waals surface area contributed by atoms with Gasteiger partial charge in [0.25, 0.3) is 5.91 Å². The average Bonchev–Trinajstić information content (AvgIpc) is 3.24. The number of anilines is 2. The van der Waals surface area contributed by atoms with Crippen molar-refractivity contribution < 1.29 is 22.4 Å². The second-order valence-corrected chi connectivity index (χ2v) is 8.51. The fourth-order valence-corrected chi connectivity index (χ4v) is 4.30. The lowest BCUT2D eigenvalue weighted by atomic mass is 10.1. The van der Waals surface area contributed by atoms with Crippen molar-refractivity contribution in [3.8, 4) is 10.6 Å². The van der Waals surface area contributed by atoms with Crippen LogP contribution in [-0.2, 0) is 6.18 Å². The fourth-order valence-electron chi connectivity index (χ4n) is 3.46. The van der Waals surface area contributed by atoms with Crippen molar-refractivity contribution in [1.29, 1.82) is 0 Å². The summed E-state index contributed by atoms with van der Waals surface area (Å²) in [5.41, 5.74) is -0.561. The summed E-state index contributed by atoms with van der Waals surface area (Å²) in [6, 6.07) is 9.88. The van der Waals surface area contributed by atoms with Crippen LogP contribution >= 0.6 is 11.3 Å². The van der Waals surface area contributed by atoms with E-state index in [9.17, 15) is 22.4 Å². The van der Waals surface area contributed by atoms with Gasteiger partial charge in [-0.3, -0.25) is 4.79 Å². The van der Waals surface area contributed by atoms with E-state index in [1.54, 1.807) is 12.1 Å². The van der Waals surface area contributed by atoms with Gasteiger partial charge in [0.2, 0.25) is 0 Å². The van der Waals surface area contributed by atoms with Crippen LogP contribution in [0.3, 0.4) is 0 Å². The summed E-state index contributed by atoms with van der Waals surface area (Å²) < 4.78 is 55.2. The maximum Gasteiger partial charge on any atom is 0.418 e. The van der Waals surface area contributed by atoms with Gasteiger partial charge in [-0.15, -0.1) is 11.3 Å². The number of piperazine rings is 1. The molecule has 1 fully saturated rings. The molecule has 1 aromatic heterocycles. The van der Waals surface area contributed by atoms with Gasteiger partial charge in [-0.1, -0.05) is 12.1 Å². The number of aromatic nitrogens is 1. The zero-order chi connectivity index (χ0) is 22.9. The second kappa shape index (κ2) is 8.87. The number of halogens is 4. The van der Waals surface area contributed by atoms with E-state index >= 15 is 0 Å². The summed E-state index contributed by atoms with van der Waals surface area (Å²) in [5.74, 6) is -1.23. The molecule has 168 valence electrons. The first-order chi connectivity index (χ1) is 15.2. The van der Waals surface area contributed by atoms with Crippen LogP contribution in [0.15, 0.2) is 48.7 Å². The molecule has 1 N–H and O–H groups in total. The molecule has 2 aromatic carbocycles. The Morgan fingerprint density at radius 1 is 1.09 bits per heavy atom. The number of thiazole rings is 1. The largest absolute Gasteiger partial charge is 0.418 e. The highest BCUT2D eigenvalue weighted by Gasteiger charge is 2.35. The molecule has 1 aliphatic heterocycles. The third-order valence-electron chi connectivity index (χ3n) is 5.26. The van der Waals surface area contributed by atoms with Crippen LogP contribution < -0.4 is 10.2 Å². The molecular weight excluding hydrogens is 444 g/mol. The SMILES string of the molecule is CN1CCN(c2ccc(NC(=O)c3cnc(-c4ccccc4F)s3)c(C(F)(F)F)c2)CC1. The Balaban J connectivity index is 1.57. The lowest BCUT2D eigenvalue weighted by Crippen LogP contribution is -2.44. The molecule has 10 heteroatoms. The topological polar surface area (TPSA) is 48.5 Å². The molecule has 2 heterocycles. The molecule has 0 radical (unpaired) electrons. The molecule has 1 aliphatic rings. The molecular formula is C22H20F4N4OS. The number of alkyl halides is 3. The second-order valence-electron chi connectivity index (χ2n) is 7.48. The lowest BCUT2D eigenvalue weighted by molar-refractivity contribution is -0.136. The summed E-state index contributed by atoms with van der Waals surface area (Å²) in [5, 5.41) is 2.61. The third kappa shape index (κ3) is 4.76. The molecule has 0 spiro atoms. The molecule has 0 bridgehead atoms. The van der Waals surface area contributed by atoms with Crippen LogP contribution in [0.4, 0.5) is 28.9 Å². The monoisotopic (exact) mass is 464 g/mol. The standard InChI is InChI=1S/C22H20F4N4OS/c1-29-8-10-30(11-9-29)14-6-7-18(16(12-14)22(24,25)26)28-20(31)19-13-27-21(32-19)15-4-2-3-5-17(15)23/h2-7,12-13H,8-11H2,1H3,(H,28,31). The molecule has 5 nitrogen and oxygen atoms in total. The van der Waals surface area contributed by atoms with Crippen molar-refractivity contribution in [2.45, 2.75) is 6.18 Å². The minimum Gasteiger partial charge on any atom is -0.369 e. The van der Waals surface area contributed by atoms with Crippen LogP contribution in [0.2, 0.25) is 0 Å². The molecule has 0 aliphatic carbocycles. The maximum absolute atomic E-state index is 14.0. The zero-order valence-electron chi connectivity index (χ0n) is 17.1. The summed E-state index contributed by atoms with van der Waals surface area (Å²) in [7, 11) is 1.97. The van der Waals surface area contributed by atoms with Crippen molar-refractivity contribution in [2.75, 3.05) is 43.4 Å². The number of likely N-dealkylation sites (N-methyl/N-ethyl adjacent to an activating group) is 1. The fraction of sp³-hybridized carbons (Fsp3) is 0.273. The molecule has 3 aromatic rings. The van der Waals surface area contributed by atoms with E-state index in [1.807, 2.05) is 11.9 Å². The first-order valence-corrected chi connectivity index (χ1v) is 10.7. The summed E-state index contributed by atoms with van der Waals surface area (Å²) in [4.78, 5) is 20.8. The van der Waals surface area contributed by atoms with E-state index in [0.717, 1.165) is 30.5 Å². The van der Waals surface area contributed by atoms with E-state index in [-0.39, 0.29) is 21.1 Å². The highest BCUT2D eigenvalue weighted by molar-refractivity contribution is 7.17. The summed E-state index contributed by atoms with van der Waals surface area (Å²) in [6.45, 7) is 2.77. The third-order valence-corrected chi connectivity index (χ3v) is 6.29. The van der Waals surface area contributed by atoms with Crippen LogP contribution in [0.1, 0.15) is 15.2 Å². The van der Waals surface area contributed by atoms with E-state index in [1.165, 1.54) is 30.5 Å². The Morgan fingerprint density at radius 2 is 1.81 bits per heavy atom. The predicted octanol–water partition coefficient (Wildman–Crippen LogP) is 4.97. The number of hydrogen-bond donors (Lipinski definition) is 1. The van der Waals surface area contributed by atoms with Gasteiger partial charge in [0.05, 0.1) is 17.4 Å². The number of carbonyl (C=O) groups excluding carboxylic acids is 1. The summed E-state index contributed by atoms with van der Waals surface area (Å²) in [6.07, 6.45) is -3.41. The number of amides is 1. The Morgan fingerprint density at radius 3 is 2.50 bits per heavy atom. The smallest absolute Gasteiger partial charge is 0.369 e. The number of nitrogens with zero attached hydrogens (tertiary/aromatic N) is 3. The van der Waals surface area contributed by atoms with Crippen LogP contribution in [0, 0.1) is 5.82 Å². The van der Waals surface area contributed by atoms with Gasteiger partial charge >= 0.3 is 6.18 Å². The van der Waals surface area contributed by atoms with Gasteiger partial charge in [0.15, 0.2) is 0 Å². The van der Waals surface area contributed by atoms with Gasteiger partial charge in [-0.2, -0.15) is 13.2 Å². The normalized spacial score (nSPS) is 15.1. The minimum atomic E-state index is -4.64.